The van der Waals surface area contributed by atoms with Gasteiger partial charge < -0.3 is 15.1 Å². The van der Waals surface area contributed by atoms with Crippen molar-refractivity contribution in [1.82, 2.24) is 15.1 Å². The van der Waals surface area contributed by atoms with Crippen LogP contribution in [0.2, 0.25) is 0 Å². The first-order valence-corrected chi connectivity index (χ1v) is 9.54. The predicted octanol–water partition coefficient (Wildman–Crippen LogP) is 2.38. The van der Waals surface area contributed by atoms with Gasteiger partial charge in [0.05, 0.1) is 0 Å². The first-order chi connectivity index (χ1) is 10.8. The Balaban J connectivity index is 1.47. The van der Waals surface area contributed by atoms with Crippen LogP contribution < -0.4 is 5.32 Å². The summed E-state index contributed by atoms with van der Waals surface area (Å²) in [5.41, 5.74) is 0. The average Bonchev–Trinajstić information content (AvgIpc) is 2.75. The molecule has 1 aliphatic carbocycles. The van der Waals surface area contributed by atoms with Crippen molar-refractivity contribution >= 4 is 5.91 Å². The van der Waals surface area contributed by atoms with Crippen molar-refractivity contribution in [2.75, 3.05) is 26.2 Å². The first kappa shape index (κ1) is 16.3. The molecule has 1 atom stereocenters. The van der Waals surface area contributed by atoms with Crippen molar-refractivity contribution < 1.29 is 4.79 Å². The summed E-state index contributed by atoms with van der Waals surface area (Å²) in [5, 5.41) is 3.79. The molecular weight excluding hydrogens is 274 g/mol. The lowest BCUT2D eigenvalue weighted by Crippen LogP contribution is -2.47. The zero-order chi connectivity index (χ0) is 15.4. The molecule has 0 aromatic heterocycles. The summed E-state index contributed by atoms with van der Waals surface area (Å²) in [6, 6.07) is 1.55. The van der Waals surface area contributed by atoms with E-state index in [0.717, 1.165) is 13.0 Å². The third kappa shape index (κ3) is 4.02. The zero-order valence-corrected chi connectivity index (χ0v) is 14.2. The van der Waals surface area contributed by atoms with Crippen LogP contribution in [-0.2, 0) is 4.79 Å². The van der Waals surface area contributed by atoms with Crippen LogP contribution >= 0.6 is 0 Å². The summed E-state index contributed by atoms with van der Waals surface area (Å²) in [6.07, 6.45) is 11.0. The molecule has 1 amide bonds. The molecule has 4 heteroatoms. The van der Waals surface area contributed by atoms with Crippen LogP contribution in [0.4, 0.5) is 0 Å². The van der Waals surface area contributed by atoms with E-state index in [-0.39, 0.29) is 0 Å². The molecule has 3 fully saturated rings. The highest BCUT2D eigenvalue weighted by Crippen LogP contribution is 2.26. The van der Waals surface area contributed by atoms with Gasteiger partial charge in [0.25, 0.3) is 0 Å². The molecule has 1 N–H and O–H groups in total. The number of nitrogens with one attached hydrogen (secondary N) is 1. The largest absolute Gasteiger partial charge is 0.338 e. The highest BCUT2D eigenvalue weighted by molar-refractivity contribution is 5.79. The fourth-order valence-corrected chi connectivity index (χ4v) is 4.51. The molecule has 0 spiro atoms. The van der Waals surface area contributed by atoms with E-state index in [2.05, 4.69) is 22.0 Å². The molecule has 0 unspecified atom stereocenters. The van der Waals surface area contributed by atoms with Crippen molar-refractivity contribution in [3.05, 3.63) is 0 Å². The predicted molar refractivity (Wildman–Crippen MR) is 89.9 cm³/mol. The van der Waals surface area contributed by atoms with Crippen LogP contribution in [0.15, 0.2) is 0 Å². The fourth-order valence-electron chi connectivity index (χ4n) is 4.51. The van der Waals surface area contributed by atoms with E-state index in [1.54, 1.807) is 0 Å². The second kappa shape index (κ2) is 7.78. The highest BCUT2D eigenvalue weighted by atomic mass is 16.2. The normalized spacial score (nSPS) is 30.0. The number of likely N-dealkylation sites (tertiary alicyclic amines) is 2. The maximum atomic E-state index is 12.4. The maximum absolute atomic E-state index is 12.4. The Labute approximate surface area is 135 Å². The average molecular weight is 307 g/mol. The summed E-state index contributed by atoms with van der Waals surface area (Å²) < 4.78 is 0. The molecule has 2 saturated heterocycles. The number of hydrogen-bond donors (Lipinski definition) is 1. The van der Waals surface area contributed by atoms with Gasteiger partial charge >= 0.3 is 0 Å². The molecule has 2 aliphatic heterocycles. The van der Waals surface area contributed by atoms with Crippen LogP contribution in [0, 0.1) is 0 Å². The van der Waals surface area contributed by atoms with Gasteiger partial charge in [-0.15, -0.1) is 0 Å². The van der Waals surface area contributed by atoms with E-state index in [0.29, 0.717) is 24.0 Å². The maximum Gasteiger partial charge on any atom is 0.224 e. The van der Waals surface area contributed by atoms with Crippen LogP contribution in [0.25, 0.3) is 0 Å². The Morgan fingerprint density at radius 1 is 1.00 bits per heavy atom. The molecule has 0 aromatic rings. The molecule has 3 rings (SSSR count). The van der Waals surface area contributed by atoms with Crippen LogP contribution in [0.3, 0.4) is 0 Å². The lowest BCUT2D eigenvalue weighted by Gasteiger charge is -2.33. The van der Waals surface area contributed by atoms with Gasteiger partial charge in [0, 0.05) is 31.1 Å². The number of hydrogen-bond acceptors (Lipinski definition) is 3. The highest BCUT2D eigenvalue weighted by Gasteiger charge is 2.35. The van der Waals surface area contributed by atoms with Crippen molar-refractivity contribution in [1.29, 1.82) is 0 Å². The molecule has 22 heavy (non-hydrogen) atoms. The monoisotopic (exact) mass is 307 g/mol. The van der Waals surface area contributed by atoms with E-state index < -0.39 is 0 Å². The molecule has 1 saturated carbocycles. The van der Waals surface area contributed by atoms with Crippen molar-refractivity contribution in [2.45, 2.75) is 82.8 Å². The van der Waals surface area contributed by atoms with E-state index in [9.17, 15) is 4.79 Å². The molecular formula is C18H33N3O. The van der Waals surface area contributed by atoms with E-state index in [1.807, 2.05) is 0 Å². The number of rotatable bonds is 4. The minimum Gasteiger partial charge on any atom is -0.338 e. The van der Waals surface area contributed by atoms with E-state index in [1.165, 1.54) is 71.0 Å². The Bertz CT molecular complexity index is 357. The lowest BCUT2D eigenvalue weighted by molar-refractivity contribution is -0.129. The molecule has 4 nitrogen and oxygen atoms in total. The number of piperidine rings is 1. The quantitative estimate of drug-likeness (QED) is 0.810. The third-order valence-electron chi connectivity index (χ3n) is 5.93. The fraction of sp³-hybridized carbons (Fsp3) is 0.944. The molecule has 126 valence electrons. The molecule has 0 aromatic carbocycles. The van der Waals surface area contributed by atoms with Crippen molar-refractivity contribution in [3.8, 4) is 0 Å². The lowest BCUT2D eigenvalue weighted by atomic mass is 10.0. The topological polar surface area (TPSA) is 35.6 Å². The minimum absolute atomic E-state index is 0.397. The summed E-state index contributed by atoms with van der Waals surface area (Å²) in [4.78, 5) is 17.2. The Hall–Kier alpha value is -0.610. The van der Waals surface area contributed by atoms with Gasteiger partial charge in [0.1, 0.15) is 0 Å². The molecule has 3 aliphatic rings. The van der Waals surface area contributed by atoms with Gasteiger partial charge in [-0.2, -0.15) is 0 Å². The summed E-state index contributed by atoms with van der Waals surface area (Å²) in [6.45, 7) is 6.79. The number of carbonyl (C=O) groups is 1. The Kier molecular flexibility index (Phi) is 5.75. The molecule has 0 bridgehead atoms. The van der Waals surface area contributed by atoms with Gasteiger partial charge in [0.15, 0.2) is 0 Å². The minimum atomic E-state index is 0.397. The molecule has 2 heterocycles. The Morgan fingerprint density at radius 2 is 1.68 bits per heavy atom. The van der Waals surface area contributed by atoms with Crippen molar-refractivity contribution in [3.63, 3.8) is 0 Å². The third-order valence-corrected chi connectivity index (χ3v) is 5.93. The number of nitrogens with zero attached hydrogens (tertiary/aromatic N) is 2. The summed E-state index contributed by atoms with van der Waals surface area (Å²) in [7, 11) is 0. The van der Waals surface area contributed by atoms with Gasteiger partial charge in [-0.3, -0.25) is 4.79 Å². The number of carbonyl (C=O) groups excluding carboxylic acids is 1. The first-order valence-electron chi connectivity index (χ1n) is 9.54. The van der Waals surface area contributed by atoms with Crippen LogP contribution in [-0.4, -0.2) is 60.0 Å². The van der Waals surface area contributed by atoms with E-state index >= 15 is 0 Å². The van der Waals surface area contributed by atoms with Crippen LogP contribution in [0.5, 0.6) is 0 Å². The second-order valence-electron chi connectivity index (χ2n) is 7.47. The summed E-state index contributed by atoms with van der Waals surface area (Å²) >= 11 is 0. The zero-order valence-electron chi connectivity index (χ0n) is 14.2. The second-order valence-corrected chi connectivity index (χ2v) is 7.47. The Morgan fingerprint density at radius 3 is 2.32 bits per heavy atom. The van der Waals surface area contributed by atoms with E-state index in [4.69, 9.17) is 0 Å². The standard InChI is InChI=1S/C18H33N3O/c1-2-20-11-9-15(10-12-20)19-16-13-18(22)21(14-16)17-7-5-3-4-6-8-17/h15-17,19H,2-14H2,1H3/t16-/m1/s1. The number of amides is 1. The van der Waals surface area contributed by atoms with Gasteiger partial charge in [-0.05, 0) is 45.3 Å². The van der Waals surface area contributed by atoms with Gasteiger partial charge in [-0.1, -0.05) is 32.6 Å². The smallest absolute Gasteiger partial charge is 0.224 e. The van der Waals surface area contributed by atoms with Crippen molar-refractivity contribution in [2.24, 2.45) is 0 Å². The van der Waals surface area contributed by atoms with Gasteiger partial charge in [0.2, 0.25) is 5.91 Å². The van der Waals surface area contributed by atoms with Crippen LogP contribution in [0.1, 0.15) is 64.7 Å². The SMILES string of the molecule is CCN1CCC(N[C@@H]2CC(=O)N(C3CCCCCC3)C2)CC1. The van der Waals surface area contributed by atoms with Gasteiger partial charge in [-0.25, -0.2) is 0 Å². The molecule has 0 radical (unpaired) electrons. The summed E-state index contributed by atoms with van der Waals surface area (Å²) in [5.74, 6) is 0.399.